The van der Waals surface area contributed by atoms with Crippen molar-refractivity contribution in [3.63, 3.8) is 0 Å². The van der Waals surface area contributed by atoms with Crippen molar-refractivity contribution >= 4 is 40.7 Å². The molecule has 0 aromatic heterocycles. The van der Waals surface area contributed by atoms with Gasteiger partial charge in [0.1, 0.15) is 18.3 Å². The fourth-order valence-electron chi connectivity index (χ4n) is 4.90. The van der Waals surface area contributed by atoms with E-state index in [-0.39, 0.29) is 24.0 Å². The lowest BCUT2D eigenvalue weighted by atomic mass is 10.1. The van der Waals surface area contributed by atoms with Gasteiger partial charge in [-0.2, -0.15) is 10.4 Å². The highest BCUT2D eigenvalue weighted by atomic mass is 32.2. The van der Waals surface area contributed by atoms with Crippen molar-refractivity contribution in [2.45, 2.75) is 52.2 Å². The first-order chi connectivity index (χ1) is 20.6. The maximum absolute atomic E-state index is 12.7. The minimum absolute atomic E-state index is 0.242. The first-order valence-electron chi connectivity index (χ1n) is 14.0. The van der Waals surface area contributed by atoms with E-state index in [0.717, 1.165) is 34.2 Å². The first kappa shape index (κ1) is 30.4. The lowest BCUT2D eigenvalue weighted by Crippen LogP contribution is -2.34. The van der Waals surface area contributed by atoms with Crippen LogP contribution in [0.3, 0.4) is 0 Å². The minimum Gasteiger partial charge on any atom is -0.406 e. The second-order valence-corrected chi connectivity index (χ2v) is 11.3. The van der Waals surface area contributed by atoms with Gasteiger partial charge in [-0.05, 0) is 79.3 Å². The molecule has 3 aromatic rings. The second kappa shape index (κ2) is 13.1. The Kier molecular flexibility index (Phi) is 9.26. The molecule has 8 nitrogen and oxygen atoms in total. The summed E-state index contributed by atoms with van der Waals surface area (Å²) in [6.45, 7) is 6.80. The predicted molar refractivity (Wildman–Crippen MR) is 166 cm³/mol. The zero-order valence-corrected chi connectivity index (χ0v) is 24.9. The average molecular weight is 611 g/mol. The van der Waals surface area contributed by atoms with Crippen LogP contribution >= 0.6 is 11.8 Å². The third-order valence-electron chi connectivity index (χ3n) is 7.11. The van der Waals surface area contributed by atoms with Crippen LogP contribution in [0.5, 0.6) is 5.75 Å². The van der Waals surface area contributed by atoms with Crippen molar-refractivity contribution in [3.8, 4) is 5.75 Å². The number of hydrogen-bond donors (Lipinski definition) is 2. The van der Waals surface area contributed by atoms with E-state index in [1.54, 1.807) is 23.1 Å². The molecule has 1 fully saturated rings. The predicted octanol–water partition coefficient (Wildman–Crippen LogP) is 6.76. The number of halogens is 3. The van der Waals surface area contributed by atoms with E-state index in [1.807, 2.05) is 24.3 Å². The van der Waals surface area contributed by atoms with Crippen LogP contribution < -0.4 is 25.4 Å². The maximum atomic E-state index is 12.7. The Morgan fingerprint density at radius 2 is 1.88 bits per heavy atom. The van der Waals surface area contributed by atoms with Crippen LogP contribution in [0.4, 0.5) is 29.3 Å². The van der Waals surface area contributed by atoms with E-state index >= 15 is 0 Å². The fraction of sp³-hybridized carbons (Fsp3) is 0.323. The van der Waals surface area contributed by atoms with Gasteiger partial charge in [0.2, 0.25) is 0 Å². The zero-order valence-electron chi connectivity index (χ0n) is 24.1. The number of amidine groups is 1. The number of carbonyl (C=O) groups is 1. The fourth-order valence-corrected chi connectivity index (χ4v) is 6.00. The number of nitrogens with one attached hydrogen (secondary N) is 2. The van der Waals surface area contributed by atoms with Crippen LogP contribution in [-0.2, 0) is 12.8 Å². The van der Waals surface area contributed by atoms with E-state index in [4.69, 9.17) is 0 Å². The molecule has 2 aliphatic heterocycles. The number of carbonyl (C=O) groups excluding carboxylic acids is 1. The molecule has 0 aliphatic carbocycles. The summed E-state index contributed by atoms with van der Waals surface area (Å²) in [5, 5.41) is 5.27. The van der Waals surface area contributed by atoms with Gasteiger partial charge in [-0.25, -0.2) is 9.79 Å². The highest BCUT2D eigenvalue weighted by Gasteiger charge is 2.32. The summed E-state index contributed by atoms with van der Waals surface area (Å²) in [6.07, 6.45) is -1.95. The maximum Gasteiger partial charge on any atom is 0.573 e. The molecule has 0 spiro atoms. The smallest absolute Gasteiger partial charge is 0.406 e. The molecule has 226 valence electrons. The van der Waals surface area contributed by atoms with Gasteiger partial charge in [0, 0.05) is 24.0 Å². The number of benzene rings is 3. The molecule has 5 rings (SSSR count). The van der Waals surface area contributed by atoms with E-state index in [0.29, 0.717) is 18.7 Å². The van der Waals surface area contributed by atoms with Gasteiger partial charge >= 0.3 is 12.4 Å². The Labute approximate surface area is 253 Å². The highest BCUT2D eigenvalue weighted by molar-refractivity contribution is 8.14. The van der Waals surface area contributed by atoms with Crippen LogP contribution in [-0.4, -0.2) is 42.2 Å². The lowest BCUT2D eigenvalue weighted by Gasteiger charge is -2.26. The van der Waals surface area contributed by atoms with Gasteiger partial charge < -0.3 is 15.0 Å². The summed E-state index contributed by atoms with van der Waals surface area (Å²) in [6, 6.07) is 19.7. The molecule has 2 aliphatic rings. The summed E-state index contributed by atoms with van der Waals surface area (Å²) in [5.41, 5.74) is 9.31. The Bertz CT molecular complexity index is 1490. The molecule has 2 N–H and O–H groups in total. The SMILES string of the molecule is CCc1ccc(C)cc1N1/C(=N/C(=O)NCCc2ccc(C3N=CN(c4ccc(OC(F)(F)F)cc4)N3)cc2)SCC1C. The Morgan fingerprint density at radius 3 is 2.58 bits per heavy atom. The average Bonchev–Trinajstić information content (AvgIpc) is 3.60. The van der Waals surface area contributed by atoms with Gasteiger partial charge in [-0.3, -0.25) is 5.01 Å². The van der Waals surface area contributed by atoms with Gasteiger partial charge in [0.25, 0.3) is 0 Å². The van der Waals surface area contributed by atoms with Crippen LogP contribution in [0.2, 0.25) is 0 Å². The van der Waals surface area contributed by atoms with Gasteiger partial charge in [0.15, 0.2) is 5.17 Å². The number of rotatable bonds is 8. The summed E-state index contributed by atoms with van der Waals surface area (Å²) in [5.74, 6) is 0.584. The second-order valence-electron chi connectivity index (χ2n) is 10.3. The van der Waals surface area contributed by atoms with Crippen molar-refractivity contribution in [1.82, 2.24) is 10.7 Å². The molecule has 0 radical (unpaired) electrons. The summed E-state index contributed by atoms with van der Waals surface area (Å²) < 4.78 is 41.1. The quantitative estimate of drug-likeness (QED) is 0.294. The van der Waals surface area contributed by atoms with Crippen LogP contribution in [0.1, 0.15) is 42.3 Å². The van der Waals surface area contributed by atoms with Crippen molar-refractivity contribution < 1.29 is 22.7 Å². The molecule has 0 bridgehead atoms. The van der Waals surface area contributed by atoms with Crippen molar-refractivity contribution in [2.24, 2.45) is 9.98 Å². The first-order valence-corrected chi connectivity index (χ1v) is 15.0. The molecular formula is C31H33F3N6O2S. The number of hydrazine groups is 1. The van der Waals surface area contributed by atoms with Crippen LogP contribution in [0.25, 0.3) is 0 Å². The summed E-state index contributed by atoms with van der Waals surface area (Å²) >= 11 is 1.60. The molecular weight excluding hydrogens is 577 g/mol. The van der Waals surface area contributed by atoms with E-state index in [1.165, 1.54) is 35.4 Å². The van der Waals surface area contributed by atoms with E-state index < -0.39 is 6.36 Å². The standard InChI is InChI=1S/C31H33F3N6O2S/c1-4-23-8-5-20(2)17-27(23)40-21(3)18-43-30(40)37-29(41)35-16-15-22-6-9-24(10-7-22)28-36-19-39(38-28)25-11-13-26(14-12-25)42-31(32,33)34/h5-14,17,19,21,28,38H,4,15-16,18H2,1-3H3,(H,35,41)/b37-30-. The summed E-state index contributed by atoms with van der Waals surface area (Å²) in [7, 11) is 0. The Morgan fingerprint density at radius 1 is 1.14 bits per heavy atom. The van der Waals surface area contributed by atoms with Crippen molar-refractivity contribution in [3.05, 3.63) is 89.0 Å². The molecule has 2 amide bonds. The normalized spacial score (nSPS) is 19.3. The molecule has 12 heteroatoms. The van der Waals surface area contributed by atoms with Crippen LogP contribution in [0.15, 0.2) is 76.7 Å². The minimum atomic E-state index is -4.73. The Hall–Kier alpha value is -4.03. The molecule has 2 unspecified atom stereocenters. The van der Waals surface area contributed by atoms with Crippen molar-refractivity contribution in [1.29, 1.82) is 0 Å². The molecule has 2 atom stereocenters. The number of alkyl halides is 3. The van der Waals surface area contributed by atoms with Gasteiger partial charge in [-0.15, -0.1) is 13.2 Å². The van der Waals surface area contributed by atoms with Gasteiger partial charge in [0.05, 0.1) is 5.69 Å². The molecule has 2 heterocycles. The number of urea groups is 1. The number of ether oxygens (including phenoxy) is 1. The van der Waals surface area contributed by atoms with Crippen molar-refractivity contribution in [2.75, 3.05) is 22.2 Å². The third-order valence-corrected chi connectivity index (χ3v) is 8.30. The number of anilines is 2. The number of amides is 2. The van der Waals surface area contributed by atoms with Gasteiger partial charge in [-0.1, -0.05) is 55.1 Å². The lowest BCUT2D eigenvalue weighted by molar-refractivity contribution is -0.274. The highest BCUT2D eigenvalue weighted by Crippen LogP contribution is 2.34. The van der Waals surface area contributed by atoms with E-state index in [2.05, 4.69) is 69.3 Å². The molecule has 1 saturated heterocycles. The number of aryl methyl sites for hydroxylation is 2. The third kappa shape index (κ3) is 7.68. The molecule has 0 saturated carbocycles. The number of thioether (sulfide) groups is 1. The topological polar surface area (TPSA) is 81.6 Å². The monoisotopic (exact) mass is 610 g/mol. The molecule has 43 heavy (non-hydrogen) atoms. The molecule has 3 aromatic carbocycles. The Balaban J connectivity index is 1.12. The summed E-state index contributed by atoms with van der Waals surface area (Å²) in [4.78, 5) is 23.8. The van der Waals surface area contributed by atoms with Crippen LogP contribution in [0, 0.1) is 6.92 Å². The number of aliphatic imine (C=N–C) groups is 2. The zero-order chi connectivity index (χ0) is 30.6. The number of hydrogen-bond acceptors (Lipinski definition) is 6. The van der Waals surface area contributed by atoms with E-state index in [9.17, 15) is 18.0 Å². The largest absolute Gasteiger partial charge is 0.573 e. The number of nitrogens with zero attached hydrogens (tertiary/aromatic N) is 4.